The van der Waals surface area contributed by atoms with E-state index >= 15 is 0 Å². The molecule has 5 heteroatoms. The molecule has 1 N–H and O–H groups in total. The van der Waals surface area contributed by atoms with Gasteiger partial charge in [-0.1, -0.05) is 30.3 Å². The molecule has 0 bridgehead atoms. The van der Waals surface area contributed by atoms with Crippen LogP contribution in [0.25, 0.3) is 0 Å². The van der Waals surface area contributed by atoms with Crippen LogP contribution in [0.4, 0.5) is 5.69 Å². The Balaban J connectivity index is 1.75. The summed E-state index contributed by atoms with van der Waals surface area (Å²) in [5.74, 6) is 0.669. The van der Waals surface area contributed by atoms with E-state index in [1.54, 1.807) is 11.8 Å². The molecule has 2 amide bonds. The minimum Gasteiger partial charge on any atom is -0.494 e. The van der Waals surface area contributed by atoms with Crippen LogP contribution in [-0.4, -0.2) is 36.4 Å². The fourth-order valence-electron chi connectivity index (χ4n) is 2.81. The van der Waals surface area contributed by atoms with Gasteiger partial charge >= 0.3 is 0 Å². The second-order valence-electron chi connectivity index (χ2n) is 6.35. The molecule has 0 aliphatic heterocycles. The Labute approximate surface area is 161 Å². The van der Waals surface area contributed by atoms with E-state index in [2.05, 4.69) is 17.4 Å². The average Bonchev–Trinajstić information content (AvgIpc) is 2.67. The van der Waals surface area contributed by atoms with E-state index in [0.717, 1.165) is 24.3 Å². The van der Waals surface area contributed by atoms with Gasteiger partial charge < -0.3 is 15.0 Å². The Hall–Kier alpha value is -2.82. The van der Waals surface area contributed by atoms with Crippen molar-refractivity contribution in [3.05, 3.63) is 60.2 Å². The van der Waals surface area contributed by atoms with Crippen molar-refractivity contribution < 1.29 is 14.3 Å². The first-order chi connectivity index (χ1) is 13.1. The number of nitrogens with zero attached hydrogens (tertiary/aromatic N) is 1. The lowest BCUT2D eigenvalue weighted by Crippen LogP contribution is -2.33. The summed E-state index contributed by atoms with van der Waals surface area (Å²) in [5.41, 5.74) is 1.98. The van der Waals surface area contributed by atoms with Crippen molar-refractivity contribution in [2.45, 2.75) is 33.1 Å². The Morgan fingerprint density at radius 1 is 1.00 bits per heavy atom. The molecule has 0 spiro atoms. The highest BCUT2D eigenvalue weighted by molar-refractivity contribution is 5.91. The molecule has 0 saturated heterocycles. The van der Waals surface area contributed by atoms with E-state index in [9.17, 15) is 9.59 Å². The van der Waals surface area contributed by atoms with Gasteiger partial charge in [0.2, 0.25) is 11.8 Å². The maximum Gasteiger partial charge on any atom is 0.226 e. The van der Waals surface area contributed by atoms with Crippen LogP contribution in [0, 0.1) is 0 Å². The van der Waals surface area contributed by atoms with E-state index in [4.69, 9.17) is 4.74 Å². The molecular formula is C22H28N2O3. The summed E-state index contributed by atoms with van der Waals surface area (Å²) in [6.07, 6.45) is 2.07. The van der Waals surface area contributed by atoms with Crippen LogP contribution in [0.5, 0.6) is 5.75 Å². The molecule has 0 saturated carbocycles. The summed E-state index contributed by atoms with van der Waals surface area (Å²) in [5, 5.41) is 2.86. The minimum absolute atomic E-state index is 0.00284. The van der Waals surface area contributed by atoms with Crippen LogP contribution in [0.3, 0.4) is 0 Å². The van der Waals surface area contributed by atoms with Crippen molar-refractivity contribution in [1.29, 1.82) is 0 Å². The first-order valence-electron chi connectivity index (χ1n) is 9.40. The van der Waals surface area contributed by atoms with E-state index in [1.807, 2.05) is 49.4 Å². The summed E-state index contributed by atoms with van der Waals surface area (Å²) >= 11 is 0. The standard InChI is InChI=1S/C22H28N2O3/c1-3-27-21-13-11-20(12-14-21)23-22(26)15-17-24(18(2)25)16-7-10-19-8-5-4-6-9-19/h4-6,8-9,11-14H,3,7,10,15-17H2,1-2H3,(H,23,26). The van der Waals surface area contributed by atoms with Crippen LogP contribution < -0.4 is 10.1 Å². The third-order valence-corrected chi connectivity index (χ3v) is 4.24. The van der Waals surface area contributed by atoms with Crippen molar-refractivity contribution in [1.82, 2.24) is 4.90 Å². The smallest absolute Gasteiger partial charge is 0.226 e. The number of nitrogens with one attached hydrogen (secondary N) is 1. The molecule has 0 aliphatic rings. The second kappa shape index (κ2) is 11.0. The van der Waals surface area contributed by atoms with E-state index in [0.29, 0.717) is 19.7 Å². The largest absolute Gasteiger partial charge is 0.494 e. The maximum atomic E-state index is 12.2. The molecule has 0 aromatic heterocycles. The highest BCUT2D eigenvalue weighted by Gasteiger charge is 2.11. The lowest BCUT2D eigenvalue weighted by atomic mass is 10.1. The van der Waals surface area contributed by atoms with E-state index in [1.165, 1.54) is 5.56 Å². The monoisotopic (exact) mass is 368 g/mol. The predicted octanol–water partition coefficient (Wildman–Crippen LogP) is 3.90. The Kier molecular flexibility index (Phi) is 8.36. The van der Waals surface area contributed by atoms with E-state index in [-0.39, 0.29) is 18.2 Å². The third-order valence-electron chi connectivity index (χ3n) is 4.24. The summed E-state index contributed by atoms with van der Waals surface area (Å²) in [6.45, 7) is 5.16. The SMILES string of the molecule is CCOc1ccc(NC(=O)CCN(CCCc2ccccc2)C(C)=O)cc1. The first-order valence-corrected chi connectivity index (χ1v) is 9.40. The molecular weight excluding hydrogens is 340 g/mol. The Morgan fingerprint density at radius 2 is 1.70 bits per heavy atom. The number of benzene rings is 2. The number of hydrogen-bond donors (Lipinski definition) is 1. The number of hydrogen-bond acceptors (Lipinski definition) is 3. The summed E-state index contributed by atoms with van der Waals surface area (Å²) in [7, 11) is 0. The van der Waals surface area contributed by atoms with Crippen LogP contribution in [0.15, 0.2) is 54.6 Å². The molecule has 0 heterocycles. The zero-order valence-electron chi connectivity index (χ0n) is 16.1. The minimum atomic E-state index is -0.103. The summed E-state index contributed by atoms with van der Waals surface area (Å²) < 4.78 is 5.38. The van der Waals surface area contributed by atoms with Crippen molar-refractivity contribution in [3.63, 3.8) is 0 Å². The maximum absolute atomic E-state index is 12.2. The van der Waals surface area contributed by atoms with Gasteiger partial charge in [0.1, 0.15) is 5.75 Å². The fraction of sp³-hybridized carbons (Fsp3) is 0.364. The number of aryl methyl sites for hydroxylation is 1. The van der Waals surface area contributed by atoms with Gasteiger partial charge in [0, 0.05) is 32.1 Å². The highest BCUT2D eigenvalue weighted by Crippen LogP contribution is 2.15. The quantitative estimate of drug-likeness (QED) is 0.692. The fourth-order valence-corrected chi connectivity index (χ4v) is 2.81. The van der Waals surface area contributed by atoms with Gasteiger partial charge in [-0.25, -0.2) is 0 Å². The lowest BCUT2D eigenvalue weighted by Gasteiger charge is -2.20. The van der Waals surface area contributed by atoms with Crippen LogP contribution >= 0.6 is 0 Å². The van der Waals surface area contributed by atoms with Gasteiger partial charge in [-0.05, 0) is 49.6 Å². The molecule has 27 heavy (non-hydrogen) atoms. The number of ether oxygens (including phenoxy) is 1. The van der Waals surface area contributed by atoms with Crippen molar-refractivity contribution in [2.75, 3.05) is 25.0 Å². The first kappa shape index (κ1) is 20.5. The average molecular weight is 368 g/mol. The van der Waals surface area contributed by atoms with Crippen molar-refractivity contribution in [3.8, 4) is 5.75 Å². The van der Waals surface area contributed by atoms with Gasteiger partial charge in [-0.2, -0.15) is 0 Å². The van der Waals surface area contributed by atoms with Gasteiger partial charge in [0.05, 0.1) is 6.61 Å². The topological polar surface area (TPSA) is 58.6 Å². The normalized spacial score (nSPS) is 10.3. The molecule has 2 aromatic rings. The third kappa shape index (κ3) is 7.52. The number of carbonyl (C=O) groups excluding carboxylic acids is 2. The van der Waals surface area contributed by atoms with Crippen LogP contribution in [-0.2, 0) is 16.0 Å². The molecule has 0 atom stereocenters. The Bertz CT molecular complexity index is 714. The molecule has 2 aromatic carbocycles. The number of anilines is 1. The molecule has 144 valence electrons. The molecule has 0 unspecified atom stereocenters. The Morgan fingerprint density at radius 3 is 2.33 bits per heavy atom. The zero-order chi connectivity index (χ0) is 19.5. The molecule has 5 nitrogen and oxygen atoms in total. The number of amides is 2. The highest BCUT2D eigenvalue weighted by atomic mass is 16.5. The second-order valence-corrected chi connectivity index (χ2v) is 6.35. The lowest BCUT2D eigenvalue weighted by molar-refractivity contribution is -0.129. The van der Waals surface area contributed by atoms with Gasteiger partial charge in [-0.3, -0.25) is 9.59 Å². The summed E-state index contributed by atoms with van der Waals surface area (Å²) in [4.78, 5) is 25.7. The van der Waals surface area contributed by atoms with Gasteiger partial charge in [-0.15, -0.1) is 0 Å². The van der Waals surface area contributed by atoms with Gasteiger partial charge in [0.15, 0.2) is 0 Å². The van der Waals surface area contributed by atoms with E-state index < -0.39 is 0 Å². The molecule has 0 aliphatic carbocycles. The summed E-state index contributed by atoms with van der Waals surface area (Å²) in [6, 6.07) is 17.5. The van der Waals surface area contributed by atoms with Crippen LogP contribution in [0.1, 0.15) is 32.3 Å². The number of carbonyl (C=O) groups is 2. The van der Waals surface area contributed by atoms with Crippen molar-refractivity contribution in [2.24, 2.45) is 0 Å². The van der Waals surface area contributed by atoms with Gasteiger partial charge in [0.25, 0.3) is 0 Å². The molecule has 0 fully saturated rings. The molecule has 2 rings (SSSR count). The predicted molar refractivity (Wildman–Crippen MR) is 108 cm³/mol. The number of rotatable bonds is 10. The zero-order valence-corrected chi connectivity index (χ0v) is 16.1. The molecule has 0 radical (unpaired) electrons. The van der Waals surface area contributed by atoms with Crippen LogP contribution in [0.2, 0.25) is 0 Å². The van der Waals surface area contributed by atoms with Crippen molar-refractivity contribution >= 4 is 17.5 Å².